The van der Waals surface area contributed by atoms with Crippen LogP contribution in [0.2, 0.25) is 0 Å². The average molecular weight is 92.1 g/mol. The highest BCUT2D eigenvalue weighted by Gasteiger charge is 1.83. The van der Waals surface area contributed by atoms with Crippen molar-refractivity contribution in [3.05, 3.63) is 0 Å². The van der Waals surface area contributed by atoms with Crippen LogP contribution in [-0.2, 0) is 0 Å². The Hall–Kier alpha value is -0.150. The van der Waals surface area contributed by atoms with Crippen LogP contribution in [-0.4, -0.2) is 6.04 Å². The summed E-state index contributed by atoms with van der Waals surface area (Å²) in [5.74, 6) is 0. The second-order valence-electron chi connectivity index (χ2n) is 1.39. The molecule has 2 N–H and O–H groups in total. The Balaban J connectivity index is 2.63. The zero-order chi connectivity index (χ0) is 4.99. The quantitative estimate of drug-likeness (QED) is 0.380. The SMILES string of the molecule is CC(C)NNF. The summed E-state index contributed by atoms with van der Waals surface area (Å²) in [4.78, 5) is 0. The predicted octanol–water partition coefficient (Wildman–Crippen LogP) is 0.373. The largest absolute Gasteiger partial charge is 0.228 e. The molecule has 0 spiro atoms. The van der Waals surface area contributed by atoms with Crippen LogP contribution in [0.25, 0.3) is 0 Å². The summed E-state index contributed by atoms with van der Waals surface area (Å²) >= 11 is 0. The van der Waals surface area contributed by atoms with Crippen molar-refractivity contribution in [1.82, 2.24) is 11.1 Å². The summed E-state index contributed by atoms with van der Waals surface area (Å²) in [7, 11) is 0. The molecule has 38 valence electrons. The molecule has 0 aromatic rings. The molecular weight excluding hydrogens is 83.0 g/mol. The normalized spacial score (nSPS) is 10.0. The van der Waals surface area contributed by atoms with E-state index in [1.165, 1.54) is 5.65 Å². The molecule has 0 aliphatic rings. The van der Waals surface area contributed by atoms with Gasteiger partial charge in [0.05, 0.1) is 0 Å². The van der Waals surface area contributed by atoms with Crippen LogP contribution in [0.3, 0.4) is 0 Å². The Kier molecular flexibility index (Phi) is 2.98. The van der Waals surface area contributed by atoms with Gasteiger partial charge in [0.1, 0.15) is 0 Å². The minimum atomic E-state index is 0.162. The fourth-order valence-electron chi connectivity index (χ4n) is 0.109. The number of hydrogen-bond donors (Lipinski definition) is 2. The summed E-state index contributed by atoms with van der Waals surface area (Å²) in [6.45, 7) is 3.68. The molecule has 2 nitrogen and oxygen atoms in total. The molecule has 0 rings (SSSR count). The minimum Gasteiger partial charge on any atom is -0.228 e. The Morgan fingerprint density at radius 3 is 2.00 bits per heavy atom. The van der Waals surface area contributed by atoms with Gasteiger partial charge in [-0.15, -0.1) is 4.48 Å². The molecule has 0 amide bonds. The Bertz CT molecular complexity index is 30.0. The molecule has 0 fully saturated rings. The van der Waals surface area contributed by atoms with Crippen LogP contribution < -0.4 is 11.1 Å². The van der Waals surface area contributed by atoms with E-state index in [0.29, 0.717) is 0 Å². The zero-order valence-electron chi connectivity index (χ0n) is 3.96. The molecule has 0 saturated heterocycles. The number of hydrazine groups is 1. The van der Waals surface area contributed by atoms with Gasteiger partial charge in [0.25, 0.3) is 0 Å². The Morgan fingerprint density at radius 1 is 1.50 bits per heavy atom. The fraction of sp³-hybridized carbons (Fsp3) is 1.00. The summed E-state index contributed by atoms with van der Waals surface area (Å²) in [6.07, 6.45) is 0. The smallest absolute Gasteiger partial charge is 0.0180 e. The Labute approximate surface area is 36.6 Å². The van der Waals surface area contributed by atoms with Crippen molar-refractivity contribution in [2.45, 2.75) is 19.9 Å². The van der Waals surface area contributed by atoms with E-state index < -0.39 is 0 Å². The first-order chi connectivity index (χ1) is 2.77. The number of nitrogens with one attached hydrogen (secondary N) is 2. The molecule has 0 aromatic carbocycles. The average Bonchev–Trinajstić information content (AvgIpc) is 1.35. The predicted molar refractivity (Wildman–Crippen MR) is 22.5 cm³/mol. The topological polar surface area (TPSA) is 24.1 Å². The monoisotopic (exact) mass is 92.1 g/mol. The standard InChI is InChI=1S/C3H9FN2/c1-3(2)5-6-4/h3,5-6H,1-2H3. The molecule has 0 radical (unpaired) electrons. The highest BCUT2D eigenvalue weighted by atomic mass is 19.2. The van der Waals surface area contributed by atoms with E-state index >= 15 is 0 Å². The molecule has 0 aliphatic carbocycles. The summed E-state index contributed by atoms with van der Waals surface area (Å²) < 4.78 is 10.9. The minimum absolute atomic E-state index is 0.162. The molecule has 0 heterocycles. The van der Waals surface area contributed by atoms with E-state index in [0.717, 1.165) is 0 Å². The summed E-state index contributed by atoms with van der Waals surface area (Å²) in [5, 5.41) is 0. The van der Waals surface area contributed by atoms with Crippen LogP contribution in [0.4, 0.5) is 4.48 Å². The van der Waals surface area contributed by atoms with Crippen molar-refractivity contribution in [3.63, 3.8) is 0 Å². The molecule has 0 atom stereocenters. The third kappa shape index (κ3) is 3.85. The van der Waals surface area contributed by atoms with Crippen LogP contribution in [0, 0.1) is 0 Å². The lowest BCUT2D eigenvalue weighted by molar-refractivity contribution is 0.246. The Morgan fingerprint density at radius 2 is 2.00 bits per heavy atom. The van der Waals surface area contributed by atoms with Gasteiger partial charge in [-0.05, 0) is 13.8 Å². The first-order valence-corrected chi connectivity index (χ1v) is 1.88. The zero-order valence-corrected chi connectivity index (χ0v) is 3.96. The molecule has 0 aromatic heterocycles. The summed E-state index contributed by atoms with van der Waals surface area (Å²) in [6, 6.07) is 0.162. The van der Waals surface area contributed by atoms with Gasteiger partial charge >= 0.3 is 0 Å². The van der Waals surface area contributed by atoms with Crippen molar-refractivity contribution < 1.29 is 4.48 Å². The van der Waals surface area contributed by atoms with Gasteiger partial charge in [0.15, 0.2) is 0 Å². The van der Waals surface area contributed by atoms with Crippen molar-refractivity contribution in [3.8, 4) is 0 Å². The fourth-order valence-corrected chi connectivity index (χ4v) is 0.109. The lowest BCUT2D eigenvalue weighted by atomic mass is 10.4. The molecule has 0 saturated carbocycles. The maximum Gasteiger partial charge on any atom is 0.0180 e. The third-order valence-corrected chi connectivity index (χ3v) is 0.343. The second kappa shape index (κ2) is 3.06. The molecule has 0 unspecified atom stereocenters. The first kappa shape index (κ1) is 5.85. The lowest BCUT2D eigenvalue weighted by Gasteiger charge is -1.99. The highest BCUT2D eigenvalue weighted by Crippen LogP contribution is 1.68. The molecular formula is C3H9FN2. The van der Waals surface area contributed by atoms with Gasteiger partial charge in [-0.25, -0.2) is 5.43 Å². The number of halogens is 1. The van der Waals surface area contributed by atoms with Gasteiger partial charge in [0, 0.05) is 6.04 Å². The maximum absolute atomic E-state index is 10.9. The van der Waals surface area contributed by atoms with Crippen LogP contribution in [0.15, 0.2) is 0 Å². The van der Waals surface area contributed by atoms with Crippen LogP contribution in [0.1, 0.15) is 13.8 Å². The van der Waals surface area contributed by atoms with E-state index in [1.807, 2.05) is 13.8 Å². The lowest BCUT2D eigenvalue weighted by Crippen LogP contribution is -2.30. The summed E-state index contributed by atoms with van der Waals surface area (Å²) in [5.41, 5.74) is 3.61. The van der Waals surface area contributed by atoms with Gasteiger partial charge in [-0.3, -0.25) is 0 Å². The van der Waals surface area contributed by atoms with E-state index in [9.17, 15) is 4.48 Å². The van der Waals surface area contributed by atoms with E-state index in [2.05, 4.69) is 5.43 Å². The number of rotatable bonds is 2. The van der Waals surface area contributed by atoms with E-state index in [-0.39, 0.29) is 6.04 Å². The van der Waals surface area contributed by atoms with Crippen molar-refractivity contribution in [2.24, 2.45) is 0 Å². The molecule has 0 aliphatic heterocycles. The second-order valence-corrected chi connectivity index (χ2v) is 1.39. The van der Waals surface area contributed by atoms with Crippen molar-refractivity contribution in [2.75, 3.05) is 0 Å². The third-order valence-electron chi connectivity index (χ3n) is 0.343. The maximum atomic E-state index is 10.9. The van der Waals surface area contributed by atoms with Gasteiger partial charge in [-0.1, -0.05) is 5.65 Å². The van der Waals surface area contributed by atoms with Crippen LogP contribution in [0.5, 0.6) is 0 Å². The van der Waals surface area contributed by atoms with E-state index in [1.54, 1.807) is 0 Å². The molecule has 6 heavy (non-hydrogen) atoms. The van der Waals surface area contributed by atoms with Gasteiger partial charge in [-0.2, -0.15) is 0 Å². The molecule has 3 heteroatoms. The van der Waals surface area contributed by atoms with Crippen molar-refractivity contribution >= 4 is 0 Å². The molecule has 0 bridgehead atoms. The van der Waals surface area contributed by atoms with E-state index in [4.69, 9.17) is 0 Å². The van der Waals surface area contributed by atoms with Gasteiger partial charge in [0.2, 0.25) is 0 Å². The van der Waals surface area contributed by atoms with Crippen molar-refractivity contribution in [1.29, 1.82) is 0 Å². The van der Waals surface area contributed by atoms with Crippen LogP contribution >= 0.6 is 0 Å². The first-order valence-electron chi connectivity index (χ1n) is 1.88. The number of hydrogen-bond acceptors (Lipinski definition) is 2. The van der Waals surface area contributed by atoms with Gasteiger partial charge < -0.3 is 0 Å². The highest BCUT2D eigenvalue weighted by molar-refractivity contribution is 4.39.